The summed E-state index contributed by atoms with van der Waals surface area (Å²) in [7, 11) is -1.69. The Kier molecular flexibility index (Phi) is 10.3. The molecule has 1 aliphatic rings. The van der Waals surface area contributed by atoms with Crippen molar-refractivity contribution in [1.82, 2.24) is 18.8 Å². The minimum atomic E-state index is -1.69. The van der Waals surface area contributed by atoms with Crippen LogP contribution in [0.4, 0.5) is 0 Å². The fraction of sp³-hybridized carbons (Fsp3) is 0. The molecule has 10 nitrogen and oxygen atoms in total. The zero-order valence-electron chi connectivity index (χ0n) is 39.0. The maximum Gasteiger partial charge on any atom is 0.496 e. The lowest BCUT2D eigenvalue weighted by atomic mass is 9.78. The van der Waals surface area contributed by atoms with Crippen molar-refractivity contribution in [2.75, 3.05) is 0 Å². The number of nitrogens with zero attached hydrogens (tertiary/aromatic N) is 4. The highest BCUT2D eigenvalue weighted by Crippen LogP contribution is 2.45. The van der Waals surface area contributed by atoms with E-state index in [1.807, 2.05) is 143 Å². The number of rotatable bonds is 4. The highest BCUT2D eigenvalue weighted by Gasteiger charge is 2.30. The molecule has 0 bridgehead atoms. The smallest absolute Gasteiger partial charge is 0.456 e. The predicted octanol–water partition coefficient (Wildman–Crippen LogP) is 15.1. The lowest BCUT2D eigenvalue weighted by molar-refractivity contribution is 0.425. The van der Waals surface area contributed by atoms with Gasteiger partial charge >= 0.3 is 7.12 Å². The van der Waals surface area contributed by atoms with E-state index in [-0.39, 0.29) is 5.46 Å². The van der Waals surface area contributed by atoms with Gasteiger partial charge in [0.05, 0.1) is 33.9 Å². The van der Waals surface area contributed by atoms with Crippen LogP contribution < -0.4 is 5.46 Å². The standard InChI is InChI=1S/C31H18N2O2.C18H10BO4.C13H9BrN2/c1-3-12-26-21(10-1)23-17-24-22-11-2-4-13-27(22)35-31(24)29(30(23)34-26)20-9-7-8-19(16-20)25-18-33-15-6-5-14-28(33)32-25;20-19(21)16-17-12(10-5-1-3-7-14(10)22-17)9-13-11-6-2-4-8-15(11)23-18(13)16;14-11-5-3-4-10(8-11)12-9-16-7-2-1-6-13(16)15-12/h1-18H;1-3,5-9,20-21H;1-9H/q;+1;. The second-order valence-corrected chi connectivity index (χ2v) is 18.9. The van der Waals surface area contributed by atoms with Crippen LogP contribution in [0.5, 0.6) is 0 Å². The summed E-state index contributed by atoms with van der Waals surface area (Å²) in [5, 5.41) is 26.8. The molecule has 12 heteroatoms. The molecule has 15 aromatic rings. The number of furan rings is 4. The minimum Gasteiger partial charge on any atom is -0.456 e. The molecule has 350 valence electrons. The van der Waals surface area contributed by atoms with E-state index in [4.69, 9.17) is 22.7 Å². The second-order valence-electron chi connectivity index (χ2n) is 18.0. The largest absolute Gasteiger partial charge is 0.496 e. The molecular formula is C62H37BBrN4O6+. The van der Waals surface area contributed by atoms with E-state index in [9.17, 15) is 10.0 Å². The first-order valence-electron chi connectivity index (χ1n) is 23.9. The van der Waals surface area contributed by atoms with E-state index in [0.29, 0.717) is 22.5 Å². The van der Waals surface area contributed by atoms with Crippen molar-refractivity contribution in [2.45, 2.75) is 0 Å². The van der Waals surface area contributed by atoms with Gasteiger partial charge in [-0.15, -0.1) is 0 Å². The van der Waals surface area contributed by atoms with E-state index in [0.717, 1.165) is 115 Å². The highest BCUT2D eigenvalue weighted by atomic mass is 79.9. The summed E-state index contributed by atoms with van der Waals surface area (Å²) in [6.45, 7) is 0. The van der Waals surface area contributed by atoms with Crippen LogP contribution in [0.3, 0.4) is 0 Å². The Bertz CT molecular complexity index is 4610. The Morgan fingerprint density at radius 2 is 0.973 bits per heavy atom. The van der Waals surface area contributed by atoms with E-state index < -0.39 is 7.12 Å². The zero-order chi connectivity index (χ0) is 49.4. The van der Waals surface area contributed by atoms with Crippen LogP contribution >= 0.6 is 15.9 Å². The van der Waals surface area contributed by atoms with Gasteiger partial charge in [0.25, 0.3) is 0 Å². The van der Waals surface area contributed by atoms with Gasteiger partial charge in [0, 0.05) is 78.8 Å². The first kappa shape index (κ1) is 43.5. The molecule has 0 saturated carbocycles. The molecule has 16 rings (SSSR count). The number of halogens is 1. The molecule has 0 spiro atoms. The number of para-hydroxylation sites is 3. The SMILES string of the molecule is Brc1cccc(-c2cn3ccccc3n2)c1.OB(O)c1c2oc3c(c2cc2c1oc1ccccc12)C=C[C+]=C3.c1cc(-c2cn3ccccc3n2)cc(-c2c3oc4ccccc4c3cc3c2oc2ccccc23)c1. The van der Waals surface area contributed by atoms with Gasteiger partial charge in [-0.2, -0.15) is 0 Å². The first-order chi connectivity index (χ1) is 36.4. The van der Waals surface area contributed by atoms with Gasteiger partial charge in [-0.3, -0.25) is 0 Å². The molecule has 0 atom stereocenters. The number of hydrogen-bond donors (Lipinski definition) is 2. The van der Waals surface area contributed by atoms with Crippen LogP contribution in [-0.4, -0.2) is 35.9 Å². The Morgan fingerprint density at radius 1 is 0.473 bits per heavy atom. The van der Waals surface area contributed by atoms with Crippen molar-refractivity contribution in [1.29, 1.82) is 0 Å². The summed E-state index contributed by atoms with van der Waals surface area (Å²) in [5.41, 5.74) is 14.1. The number of allylic oxidation sites excluding steroid dienone is 2. The molecule has 0 fully saturated rings. The molecule has 0 aliphatic heterocycles. The molecule has 8 aromatic heterocycles. The number of fused-ring (bicyclic) bond motifs is 14. The Hall–Kier alpha value is -9.29. The summed E-state index contributed by atoms with van der Waals surface area (Å²) in [5.74, 6) is 0.654. The van der Waals surface area contributed by atoms with E-state index in [1.165, 1.54) is 0 Å². The van der Waals surface area contributed by atoms with Gasteiger partial charge in [-0.1, -0.05) is 113 Å². The van der Waals surface area contributed by atoms with Crippen LogP contribution in [-0.2, 0) is 0 Å². The molecule has 0 saturated heterocycles. The molecule has 2 N–H and O–H groups in total. The van der Waals surface area contributed by atoms with Gasteiger partial charge in [-0.25, -0.2) is 9.97 Å². The summed E-state index contributed by atoms with van der Waals surface area (Å²) in [6, 6.07) is 56.9. The number of hydrogen-bond acceptors (Lipinski definition) is 8. The van der Waals surface area contributed by atoms with Crippen molar-refractivity contribution < 1.29 is 27.7 Å². The lowest BCUT2D eigenvalue weighted by Gasteiger charge is -2.06. The van der Waals surface area contributed by atoms with Crippen molar-refractivity contribution in [3.05, 3.63) is 223 Å². The average molecular weight is 1020 g/mol. The predicted molar refractivity (Wildman–Crippen MR) is 299 cm³/mol. The summed E-state index contributed by atoms with van der Waals surface area (Å²) in [6.07, 6.45) is 16.5. The first-order valence-corrected chi connectivity index (χ1v) is 24.7. The number of aromatic nitrogens is 4. The van der Waals surface area contributed by atoms with Crippen LogP contribution in [0.15, 0.2) is 223 Å². The Balaban J connectivity index is 0.000000111. The van der Waals surface area contributed by atoms with Gasteiger partial charge in [0.1, 0.15) is 62.5 Å². The van der Waals surface area contributed by atoms with Gasteiger partial charge in [0.15, 0.2) is 5.58 Å². The topological polar surface area (TPSA) is 128 Å². The average Bonchev–Trinajstić information content (AvgIpc) is 4.33. The van der Waals surface area contributed by atoms with Crippen LogP contribution in [0.2, 0.25) is 0 Å². The van der Waals surface area contributed by atoms with Crippen molar-refractivity contribution >= 4 is 129 Å². The zero-order valence-corrected chi connectivity index (χ0v) is 40.6. The van der Waals surface area contributed by atoms with Crippen molar-refractivity contribution in [3.8, 4) is 33.6 Å². The molecule has 8 heterocycles. The maximum atomic E-state index is 9.90. The van der Waals surface area contributed by atoms with Crippen molar-refractivity contribution in [2.24, 2.45) is 0 Å². The van der Waals surface area contributed by atoms with Gasteiger partial charge in [0.2, 0.25) is 5.76 Å². The van der Waals surface area contributed by atoms with E-state index in [2.05, 4.69) is 99.9 Å². The summed E-state index contributed by atoms with van der Waals surface area (Å²) in [4.78, 5) is 9.39. The van der Waals surface area contributed by atoms with Gasteiger partial charge < -0.3 is 36.5 Å². The third-order valence-corrected chi connectivity index (χ3v) is 14.0. The minimum absolute atomic E-state index is 0.255. The number of pyridine rings is 2. The summed E-state index contributed by atoms with van der Waals surface area (Å²) >= 11 is 3.47. The highest BCUT2D eigenvalue weighted by molar-refractivity contribution is 9.10. The third-order valence-electron chi connectivity index (χ3n) is 13.5. The van der Waals surface area contributed by atoms with Crippen LogP contribution in [0, 0.1) is 6.08 Å². The van der Waals surface area contributed by atoms with Crippen LogP contribution in [0.25, 0.3) is 134 Å². The third kappa shape index (κ3) is 7.31. The monoisotopic (exact) mass is 1020 g/mol. The molecule has 0 radical (unpaired) electrons. The Labute approximate surface area is 429 Å². The van der Waals surface area contributed by atoms with E-state index >= 15 is 0 Å². The van der Waals surface area contributed by atoms with Crippen LogP contribution in [0.1, 0.15) is 11.3 Å². The maximum absolute atomic E-state index is 9.90. The molecule has 7 aromatic carbocycles. The molecule has 1 aliphatic carbocycles. The van der Waals surface area contributed by atoms with E-state index in [1.54, 1.807) is 6.08 Å². The normalized spacial score (nSPS) is 12.0. The lowest BCUT2D eigenvalue weighted by Crippen LogP contribution is -2.30. The second kappa shape index (κ2) is 17.5. The molecular weight excluding hydrogens is 987 g/mol. The molecule has 0 amide bonds. The fourth-order valence-electron chi connectivity index (χ4n) is 10.2. The van der Waals surface area contributed by atoms with Crippen molar-refractivity contribution in [3.63, 3.8) is 0 Å². The summed E-state index contributed by atoms with van der Waals surface area (Å²) < 4.78 is 29.7. The molecule has 74 heavy (non-hydrogen) atoms. The van der Waals surface area contributed by atoms with Gasteiger partial charge in [-0.05, 0) is 78.4 Å². The molecule has 0 unspecified atom stereocenters. The quantitative estimate of drug-likeness (QED) is 0.132. The Morgan fingerprint density at radius 3 is 1.55 bits per heavy atom. The fourth-order valence-corrected chi connectivity index (χ4v) is 10.6. The number of benzene rings is 7. The number of imidazole rings is 2.